The molecule has 3 rings (SSSR count). The number of carbonyl (C=O) groups is 1. The van der Waals surface area contributed by atoms with Crippen molar-refractivity contribution in [3.63, 3.8) is 0 Å². The highest BCUT2D eigenvalue weighted by atomic mass is 16.5. The van der Waals surface area contributed by atoms with Crippen LogP contribution in [0.5, 0.6) is 5.75 Å². The smallest absolute Gasteiger partial charge is 0.312 e. The van der Waals surface area contributed by atoms with Crippen molar-refractivity contribution in [1.82, 2.24) is 0 Å². The molecule has 0 bridgehead atoms. The first-order valence-corrected chi connectivity index (χ1v) is 6.52. The molecule has 2 heteroatoms. The third kappa shape index (κ3) is 2.14. The van der Waals surface area contributed by atoms with Crippen LogP contribution in [0.25, 0.3) is 0 Å². The van der Waals surface area contributed by atoms with Crippen LogP contribution in [0.3, 0.4) is 0 Å². The van der Waals surface area contributed by atoms with Gasteiger partial charge in [0.25, 0.3) is 0 Å². The van der Waals surface area contributed by atoms with E-state index in [-0.39, 0.29) is 11.9 Å². The molecular weight excluding hydrogens is 236 g/mol. The minimum atomic E-state index is -0.147. The largest absolute Gasteiger partial charge is 0.426 e. The standard InChI is InChI=1S/C17H16O2/c1-11-8-12(2)17-14(13-6-4-3-5-7-13)10-16(18)19-15(17)9-11/h3-9,14H,10H2,1-2H3. The lowest BCUT2D eigenvalue weighted by atomic mass is 9.83. The summed E-state index contributed by atoms with van der Waals surface area (Å²) in [5.41, 5.74) is 4.64. The fourth-order valence-electron chi connectivity index (χ4n) is 2.87. The average Bonchev–Trinajstić information content (AvgIpc) is 2.38. The van der Waals surface area contributed by atoms with E-state index in [4.69, 9.17) is 4.74 Å². The fraction of sp³-hybridized carbons (Fsp3) is 0.235. The third-order valence-electron chi connectivity index (χ3n) is 3.64. The molecule has 0 saturated carbocycles. The summed E-state index contributed by atoms with van der Waals surface area (Å²) in [5.74, 6) is 0.687. The molecule has 1 unspecified atom stereocenters. The Bertz CT molecular complexity index is 629. The second-order valence-electron chi connectivity index (χ2n) is 5.14. The second-order valence-corrected chi connectivity index (χ2v) is 5.14. The molecule has 1 heterocycles. The zero-order chi connectivity index (χ0) is 13.4. The highest BCUT2D eigenvalue weighted by Crippen LogP contribution is 2.41. The van der Waals surface area contributed by atoms with Crippen LogP contribution < -0.4 is 4.74 Å². The summed E-state index contributed by atoms with van der Waals surface area (Å²) in [6, 6.07) is 14.3. The Balaban J connectivity index is 2.17. The van der Waals surface area contributed by atoms with Crippen LogP contribution in [-0.2, 0) is 4.79 Å². The topological polar surface area (TPSA) is 26.3 Å². The molecule has 1 aliphatic heterocycles. The van der Waals surface area contributed by atoms with Crippen molar-refractivity contribution >= 4 is 5.97 Å². The first-order valence-electron chi connectivity index (χ1n) is 6.52. The highest BCUT2D eigenvalue weighted by molar-refractivity contribution is 5.78. The maximum atomic E-state index is 11.8. The first-order chi connectivity index (χ1) is 9.15. The Morgan fingerprint density at radius 1 is 1.11 bits per heavy atom. The number of hydrogen-bond acceptors (Lipinski definition) is 2. The van der Waals surface area contributed by atoms with E-state index < -0.39 is 0 Å². The minimum absolute atomic E-state index is 0.109. The van der Waals surface area contributed by atoms with Gasteiger partial charge in [-0.2, -0.15) is 0 Å². The number of carbonyl (C=O) groups excluding carboxylic acids is 1. The normalized spacial score (nSPS) is 17.8. The van der Waals surface area contributed by atoms with Crippen LogP contribution in [-0.4, -0.2) is 5.97 Å². The van der Waals surface area contributed by atoms with Crippen LogP contribution >= 0.6 is 0 Å². The Morgan fingerprint density at radius 2 is 1.84 bits per heavy atom. The predicted octanol–water partition coefficient (Wildman–Crippen LogP) is 3.74. The molecule has 0 spiro atoms. The van der Waals surface area contributed by atoms with Gasteiger partial charge < -0.3 is 4.74 Å². The number of hydrogen-bond donors (Lipinski definition) is 0. The number of fused-ring (bicyclic) bond motifs is 1. The van der Waals surface area contributed by atoms with Gasteiger partial charge in [0.15, 0.2) is 0 Å². The van der Waals surface area contributed by atoms with E-state index in [1.807, 2.05) is 31.2 Å². The maximum Gasteiger partial charge on any atom is 0.312 e. The molecule has 2 nitrogen and oxygen atoms in total. The van der Waals surface area contributed by atoms with E-state index in [0.717, 1.165) is 16.9 Å². The molecule has 0 radical (unpaired) electrons. The quantitative estimate of drug-likeness (QED) is 0.571. The Morgan fingerprint density at radius 3 is 2.58 bits per heavy atom. The summed E-state index contributed by atoms with van der Waals surface area (Å²) < 4.78 is 5.41. The molecule has 0 N–H and O–H groups in total. The van der Waals surface area contributed by atoms with Crippen LogP contribution in [0.15, 0.2) is 42.5 Å². The maximum absolute atomic E-state index is 11.8. The summed E-state index contributed by atoms with van der Waals surface area (Å²) in [6.45, 7) is 4.11. The number of aryl methyl sites for hydroxylation is 2. The molecule has 2 aromatic rings. The van der Waals surface area contributed by atoms with Gasteiger partial charge in [-0.1, -0.05) is 36.4 Å². The summed E-state index contributed by atoms with van der Waals surface area (Å²) in [4.78, 5) is 11.8. The lowest BCUT2D eigenvalue weighted by Gasteiger charge is -2.27. The zero-order valence-electron chi connectivity index (χ0n) is 11.1. The SMILES string of the molecule is Cc1cc(C)c2c(c1)OC(=O)CC2c1ccccc1. The van der Waals surface area contributed by atoms with Gasteiger partial charge in [-0.05, 0) is 36.6 Å². The lowest BCUT2D eigenvalue weighted by molar-refractivity contribution is -0.135. The Hall–Kier alpha value is -2.09. The van der Waals surface area contributed by atoms with Crippen molar-refractivity contribution in [3.8, 4) is 5.75 Å². The van der Waals surface area contributed by atoms with Crippen molar-refractivity contribution in [1.29, 1.82) is 0 Å². The van der Waals surface area contributed by atoms with Gasteiger partial charge in [0, 0.05) is 11.5 Å². The zero-order valence-corrected chi connectivity index (χ0v) is 11.1. The van der Waals surface area contributed by atoms with Gasteiger partial charge in [0.1, 0.15) is 5.75 Å². The van der Waals surface area contributed by atoms with Gasteiger partial charge in [-0.3, -0.25) is 4.79 Å². The molecule has 96 valence electrons. The third-order valence-corrected chi connectivity index (χ3v) is 3.64. The van der Waals surface area contributed by atoms with Crippen LogP contribution in [0.1, 0.15) is 34.6 Å². The van der Waals surface area contributed by atoms with Gasteiger partial charge in [0.05, 0.1) is 6.42 Å². The van der Waals surface area contributed by atoms with E-state index in [2.05, 4.69) is 25.1 Å². The van der Waals surface area contributed by atoms with Crippen molar-refractivity contribution < 1.29 is 9.53 Å². The Kier molecular flexibility index (Phi) is 2.86. The van der Waals surface area contributed by atoms with Crippen LogP contribution in [0.2, 0.25) is 0 Å². The lowest BCUT2D eigenvalue weighted by Crippen LogP contribution is -2.22. The van der Waals surface area contributed by atoms with E-state index in [1.54, 1.807) is 0 Å². The van der Waals surface area contributed by atoms with Gasteiger partial charge >= 0.3 is 5.97 Å². The van der Waals surface area contributed by atoms with Gasteiger partial charge in [-0.15, -0.1) is 0 Å². The summed E-state index contributed by atoms with van der Waals surface area (Å²) in [5, 5.41) is 0. The Labute approximate surface area is 113 Å². The minimum Gasteiger partial charge on any atom is -0.426 e. The molecule has 2 aromatic carbocycles. The molecule has 0 saturated heterocycles. The molecule has 0 amide bonds. The first kappa shape index (κ1) is 12.0. The highest BCUT2D eigenvalue weighted by Gasteiger charge is 2.29. The number of rotatable bonds is 1. The average molecular weight is 252 g/mol. The summed E-state index contributed by atoms with van der Waals surface area (Å²) >= 11 is 0. The molecule has 0 aliphatic carbocycles. The number of esters is 1. The molecule has 1 atom stereocenters. The van der Waals surface area contributed by atoms with E-state index in [1.165, 1.54) is 11.1 Å². The molecule has 1 aliphatic rings. The monoisotopic (exact) mass is 252 g/mol. The van der Waals surface area contributed by atoms with Crippen LogP contribution in [0.4, 0.5) is 0 Å². The summed E-state index contributed by atoms with van der Waals surface area (Å²) in [6.07, 6.45) is 0.418. The number of benzene rings is 2. The number of ether oxygens (including phenoxy) is 1. The molecule has 19 heavy (non-hydrogen) atoms. The van der Waals surface area contributed by atoms with E-state index in [9.17, 15) is 4.79 Å². The molecule has 0 aromatic heterocycles. The van der Waals surface area contributed by atoms with E-state index >= 15 is 0 Å². The van der Waals surface area contributed by atoms with Gasteiger partial charge in [0.2, 0.25) is 0 Å². The van der Waals surface area contributed by atoms with Gasteiger partial charge in [-0.25, -0.2) is 0 Å². The summed E-state index contributed by atoms with van der Waals surface area (Å²) in [7, 11) is 0. The van der Waals surface area contributed by atoms with Crippen molar-refractivity contribution in [2.75, 3.05) is 0 Å². The van der Waals surface area contributed by atoms with Crippen molar-refractivity contribution in [2.45, 2.75) is 26.2 Å². The van der Waals surface area contributed by atoms with Crippen molar-refractivity contribution in [3.05, 3.63) is 64.7 Å². The van der Waals surface area contributed by atoms with E-state index in [0.29, 0.717) is 6.42 Å². The fourth-order valence-corrected chi connectivity index (χ4v) is 2.87. The van der Waals surface area contributed by atoms with Crippen molar-refractivity contribution in [2.24, 2.45) is 0 Å². The molecule has 0 fully saturated rings. The van der Waals surface area contributed by atoms with Crippen LogP contribution in [0, 0.1) is 13.8 Å². The predicted molar refractivity (Wildman–Crippen MR) is 74.5 cm³/mol. The molecular formula is C17H16O2. The second kappa shape index (κ2) is 4.54.